The van der Waals surface area contributed by atoms with Crippen molar-refractivity contribution in [2.45, 2.75) is 71.1 Å². The van der Waals surface area contributed by atoms with Crippen LogP contribution >= 0.6 is 11.3 Å². The fourth-order valence-corrected chi connectivity index (χ4v) is 5.76. The summed E-state index contributed by atoms with van der Waals surface area (Å²) in [6, 6.07) is 8.46. The van der Waals surface area contributed by atoms with E-state index in [0.717, 1.165) is 56.1 Å². The van der Waals surface area contributed by atoms with Gasteiger partial charge in [0.2, 0.25) is 5.91 Å². The maximum absolute atomic E-state index is 12.9. The summed E-state index contributed by atoms with van der Waals surface area (Å²) >= 11 is 1.66. The molecule has 168 valence electrons. The number of hydrogen-bond acceptors (Lipinski definition) is 5. The quantitative estimate of drug-likeness (QED) is 0.612. The SMILES string of the molecule is CC(C)Oc1cccc(CN2CCC[C@H]([C@H](NC(=O)C3CCCC3)c3nccs3)C2)c1. The molecule has 4 rings (SSSR count). The molecular weight excluding hydrogens is 406 g/mol. The lowest BCUT2D eigenvalue weighted by Crippen LogP contribution is -2.43. The molecule has 2 aliphatic rings. The number of carbonyl (C=O) groups excluding carboxylic acids is 1. The van der Waals surface area contributed by atoms with Crippen LogP contribution in [0, 0.1) is 11.8 Å². The lowest BCUT2D eigenvalue weighted by atomic mass is 9.90. The average Bonchev–Trinajstić information content (AvgIpc) is 3.46. The maximum Gasteiger partial charge on any atom is 0.223 e. The molecule has 1 amide bonds. The minimum Gasteiger partial charge on any atom is -0.491 e. The van der Waals surface area contributed by atoms with Gasteiger partial charge in [-0.1, -0.05) is 25.0 Å². The zero-order valence-electron chi connectivity index (χ0n) is 18.8. The van der Waals surface area contributed by atoms with Gasteiger partial charge >= 0.3 is 0 Å². The van der Waals surface area contributed by atoms with Crippen molar-refractivity contribution in [1.82, 2.24) is 15.2 Å². The first kappa shape index (κ1) is 22.3. The molecule has 2 atom stereocenters. The molecule has 1 saturated heterocycles. The van der Waals surface area contributed by atoms with Crippen LogP contribution in [-0.4, -0.2) is 35.0 Å². The predicted octanol–water partition coefficient (Wildman–Crippen LogP) is 5.19. The zero-order chi connectivity index (χ0) is 21.6. The molecule has 1 aliphatic carbocycles. The van der Waals surface area contributed by atoms with Crippen LogP contribution in [0.25, 0.3) is 0 Å². The Morgan fingerprint density at radius 3 is 2.84 bits per heavy atom. The number of nitrogens with one attached hydrogen (secondary N) is 1. The van der Waals surface area contributed by atoms with Crippen LogP contribution in [-0.2, 0) is 11.3 Å². The molecular formula is C25H35N3O2S. The summed E-state index contributed by atoms with van der Waals surface area (Å²) in [4.78, 5) is 20.0. The number of hydrogen-bond donors (Lipinski definition) is 1. The molecule has 31 heavy (non-hydrogen) atoms. The number of amides is 1. The molecule has 0 radical (unpaired) electrons. The normalized spacial score (nSPS) is 21.3. The molecule has 1 aromatic carbocycles. The van der Waals surface area contributed by atoms with Gasteiger partial charge in [-0.3, -0.25) is 9.69 Å². The fourth-order valence-electron chi connectivity index (χ4n) is 4.98. The van der Waals surface area contributed by atoms with Gasteiger partial charge in [0.05, 0.1) is 12.1 Å². The van der Waals surface area contributed by atoms with Crippen molar-refractivity contribution in [1.29, 1.82) is 0 Å². The smallest absolute Gasteiger partial charge is 0.223 e. The first-order chi connectivity index (χ1) is 15.1. The lowest BCUT2D eigenvalue weighted by Gasteiger charge is -2.37. The van der Waals surface area contributed by atoms with Crippen molar-refractivity contribution in [2.75, 3.05) is 13.1 Å². The third kappa shape index (κ3) is 6.07. The molecule has 6 heteroatoms. The van der Waals surface area contributed by atoms with E-state index in [0.29, 0.717) is 5.92 Å². The molecule has 2 aromatic rings. The number of benzene rings is 1. The van der Waals surface area contributed by atoms with Crippen LogP contribution in [0.2, 0.25) is 0 Å². The zero-order valence-corrected chi connectivity index (χ0v) is 19.6. The molecule has 0 bridgehead atoms. The number of rotatable bonds is 8. The largest absolute Gasteiger partial charge is 0.491 e. The Kier molecular flexibility index (Phi) is 7.62. The number of nitrogens with zero attached hydrogens (tertiary/aromatic N) is 2. The molecule has 2 heterocycles. The van der Waals surface area contributed by atoms with E-state index in [1.54, 1.807) is 11.3 Å². The van der Waals surface area contributed by atoms with Gasteiger partial charge in [0.1, 0.15) is 10.8 Å². The molecule has 2 fully saturated rings. The summed E-state index contributed by atoms with van der Waals surface area (Å²) < 4.78 is 5.87. The van der Waals surface area contributed by atoms with Crippen molar-refractivity contribution in [3.63, 3.8) is 0 Å². The van der Waals surface area contributed by atoms with E-state index in [9.17, 15) is 4.79 Å². The van der Waals surface area contributed by atoms with Crippen molar-refractivity contribution < 1.29 is 9.53 Å². The summed E-state index contributed by atoms with van der Waals surface area (Å²) in [5.41, 5.74) is 1.28. The molecule has 1 aliphatic heterocycles. The summed E-state index contributed by atoms with van der Waals surface area (Å²) in [7, 11) is 0. The van der Waals surface area contributed by atoms with E-state index < -0.39 is 0 Å². The fraction of sp³-hybridized carbons (Fsp3) is 0.600. The minimum absolute atomic E-state index is 0.0199. The van der Waals surface area contributed by atoms with Crippen LogP contribution in [0.5, 0.6) is 5.75 Å². The van der Waals surface area contributed by atoms with Crippen molar-refractivity contribution in [3.8, 4) is 5.75 Å². The van der Waals surface area contributed by atoms with Gasteiger partial charge in [-0.25, -0.2) is 4.98 Å². The minimum atomic E-state index is 0.0199. The second kappa shape index (κ2) is 10.6. The average molecular weight is 442 g/mol. The highest BCUT2D eigenvalue weighted by Crippen LogP contribution is 2.33. The van der Waals surface area contributed by atoms with Gasteiger partial charge in [-0.05, 0) is 69.7 Å². The monoisotopic (exact) mass is 441 g/mol. The standard InChI is InChI=1S/C25H35N3O2S/c1-18(2)30-22-11-5-7-19(15-22)16-28-13-6-10-21(17-28)23(25-26-12-14-31-25)27-24(29)20-8-3-4-9-20/h5,7,11-12,14-15,18,20-21,23H,3-4,6,8-10,13,16-17H2,1-2H3,(H,27,29)/t21-,23-/m0/s1. The molecule has 1 saturated carbocycles. The number of piperidine rings is 1. The second-order valence-corrected chi connectivity index (χ2v) is 10.2. The Morgan fingerprint density at radius 2 is 2.10 bits per heavy atom. The predicted molar refractivity (Wildman–Crippen MR) is 125 cm³/mol. The number of likely N-dealkylation sites (tertiary alicyclic amines) is 1. The Bertz CT molecular complexity index is 833. The van der Waals surface area contributed by atoms with Gasteiger partial charge < -0.3 is 10.1 Å². The third-order valence-corrected chi connectivity index (χ3v) is 7.29. The second-order valence-electron chi connectivity index (χ2n) is 9.29. The summed E-state index contributed by atoms with van der Waals surface area (Å²) in [6.45, 7) is 7.09. The van der Waals surface area contributed by atoms with Gasteiger partial charge in [0, 0.05) is 30.6 Å². The first-order valence-corrected chi connectivity index (χ1v) is 12.6. The Balaban J connectivity index is 1.43. The summed E-state index contributed by atoms with van der Waals surface area (Å²) in [6.07, 6.45) is 8.72. The topological polar surface area (TPSA) is 54.5 Å². The third-order valence-electron chi connectivity index (χ3n) is 6.43. The molecule has 1 N–H and O–H groups in total. The van der Waals surface area contributed by atoms with Crippen molar-refractivity contribution in [3.05, 3.63) is 46.4 Å². The number of aromatic nitrogens is 1. The Hall–Kier alpha value is -1.92. The van der Waals surface area contributed by atoms with Gasteiger partial charge in [-0.2, -0.15) is 0 Å². The van der Waals surface area contributed by atoms with Gasteiger partial charge in [0.15, 0.2) is 0 Å². The molecule has 0 unspecified atom stereocenters. The van der Waals surface area contributed by atoms with E-state index in [4.69, 9.17) is 4.74 Å². The number of carbonyl (C=O) groups is 1. The van der Waals surface area contributed by atoms with E-state index in [1.165, 1.54) is 18.4 Å². The first-order valence-electron chi connectivity index (χ1n) is 11.8. The van der Waals surface area contributed by atoms with Crippen LogP contribution in [0.1, 0.15) is 69.0 Å². The van der Waals surface area contributed by atoms with E-state index in [1.807, 2.05) is 17.6 Å². The van der Waals surface area contributed by atoms with E-state index in [2.05, 4.69) is 47.2 Å². The van der Waals surface area contributed by atoms with Crippen LogP contribution in [0.3, 0.4) is 0 Å². The molecule has 1 aromatic heterocycles. The van der Waals surface area contributed by atoms with Crippen LogP contribution in [0.15, 0.2) is 35.8 Å². The maximum atomic E-state index is 12.9. The highest BCUT2D eigenvalue weighted by Gasteiger charge is 2.33. The lowest BCUT2D eigenvalue weighted by molar-refractivity contribution is -0.126. The van der Waals surface area contributed by atoms with Crippen LogP contribution < -0.4 is 10.1 Å². The Labute approximate surface area is 190 Å². The number of thiazole rings is 1. The van der Waals surface area contributed by atoms with Crippen molar-refractivity contribution in [2.24, 2.45) is 11.8 Å². The molecule has 5 nitrogen and oxygen atoms in total. The van der Waals surface area contributed by atoms with Gasteiger partial charge in [-0.15, -0.1) is 11.3 Å². The Morgan fingerprint density at radius 1 is 1.26 bits per heavy atom. The van der Waals surface area contributed by atoms with E-state index >= 15 is 0 Å². The van der Waals surface area contributed by atoms with E-state index in [-0.39, 0.29) is 24.0 Å². The summed E-state index contributed by atoms with van der Waals surface area (Å²) in [5.74, 6) is 1.74. The highest BCUT2D eigenvalue weighted by atomic mass is 32.1. The van der Waals surface area contributed by atoms with Crippen LogP contribution in [0.4, 0.5) is 0 Å². The number of ether oxygens (including phenoxy) is 1. The van der Waals surface area contributed by atoms with Crippen molar-refractivity contribution >= 4 is 17.2 Å². The highest BCUT2D eigenvalue weighted by molar-refractivity contribution is 7.09. The van der Waals surface area contributed by atoms with Gasteiger partial charge in [0.25, 0.3) is 0 Å². The summed E-state index contributed by atoms with van der Waals surface area (Å²) in [5, 5.41) is 6.47. The molecule has 0 spiro atoms.